The van der Waals surface area contributed by atoms with Crippen molar-refractivity contribution in [3.05, 3.63) is 29.5 Å². The third-order valence-corrected chi connectivity index (χ3v) is 5.18. The Labute approximate surface area is 140 Å². The minimum atomic E-state index is 0.100. The van der Waals surface area contributed by atoms with Gasteiger partial charge in [0, 0.05) is 30.9 Å². The van der Waals surface area contributed by atoms with Gasteiger partial charge in [0.1, 0.15) is 0 Å². The van der Waals surface area contributed by atoms with Gasteiger partial charge in [-0.1, -0.05) is 6.42 Å². The van der Waals surface area contributed by atoms with E-state index in [0.717, 1.165) is 31.1 Å². The predicted molar refractivity (Wildman–Crippen MR) is 91.7 cm³/mol. The maximum absolute atomic E-state index is 12.5. The molecule has 1 atom stereocenters. The number of thiazole rings is 1. The molecule has 1 saturated heterocycles. The fraction of sp³-hybridized carbons (Fsp3) is 0.562. The average molecular weight is 333 g/mol. The van der Waals surface area contributed by atoms with Crippen LogP contribution in [0, 0.1) is 6.92 Å². The quantitative estimate of drug-likeness (QED) is 0.841. The van der Waals surface area contributed by atoms with E-state index in [1.54, 1.807) is 18.1 Å². The van der Waals surface area contributed by atoms with Gasteiger partial charge in [0.2, 0.25) is 5.91 Å². The Bertz CT molecular complexity index is 639. The molecule has 0 unspecified atom stereocenters. The number of likely N-dealkylation sites (N-methyl/N-ethyl adjacent to an activating group) is 1. The fourth-order valence-electron chi connectivity index (χ4n) is 3.03. The average Bonchev–Trinajstić information content (AvgIpc) is 3.20. The Morgan fingerprint density at radius 3 is 3.04 bits per heavy atom. The number of carbonyl (C=O) groups excluding carboxylic acids is 1. The van der Waals surface area contributed by atoms with Crippen LogP contribution in [-0.2, 0) is 11.3 Å². The van der Waals surface area contributed by atoms with E-state index in [9.17, 15) is 4.79 Å². The lowest BCUT2D eigenvalue weighted by molar-refractivity contribution is -0.120. The van der Waals surface area contributed by atoms with Crippen molar-refractivity contribution in [2.24, 2.45) is 0 Å². The predicted octanol–water partition coefficient (Wildman–Crippen LogP) is 2.17. The summed E-state index contributed by atoms with van der Waals surface area (Å²) >= 11 is 1.49. The third-order valence-electron chi connectivity index (χ3n) is 4.33. The van der Waals surface area contributed by atoms with E-state index in [-0.39, 0.29) is 5.91 Å². The number of anilines is 1. The molecule has 2 aromatic rings. The Morgan fingerprint density at radius 1 is 1.48 bits per heavy atom. The minimum Gasteiger partial charge on any atom is -0.290 e. The standard InChI is InChI=1S/C16H23N5OS/c1-13-9-18-21(10-13)11-14-5-3-4-7-20(14)12-15(22)19(2)16-17-6-8-23-16/h6,8-10,14H,3-5,7,11-12H2,1-2H3/t14-/m1/s1. The second-order valence-electron chi connectivity index (χ2n) is 6.13. The highest BCUT2D eigenvalue weighted by Gasteiger charge is 2.26. The number of carbonyl (C=O) groups is 1. The summed E-state index contributed by atoms with van der Waals surface area (Å²) in [5.41, 5.74) is 1.17. The monoisotopic (exact) mass is 333 g/mol. The van der Waals surface area contributed by atoms with E-state index >= 15 is 0 Å². The van der Waals surface area contributed by atoms with E-state index in [2.05, 4.69) is 28.1 Å². The van der Waals surface area contributed by atoms with E-state index in [1.165, 1.54) is 23.3 Å². The van der Waals surface area contributed by atoms with Gasteiger partial charge in [-0.3, -0.25) is 19.3 Å². The van der Waals surface area contributed by atoms with Crippen LogP contribution in [0.4, 0.5) is 5.13 Å². The number of hydrogen-bond acceptors (Lipinski definition) is 5. The second kappa shape index (κ2) is 7.23. The van der Waals surface area contributed by atoms with E-state index in [4.69, 9.17) is 0 Å². The summed E-state index contributed by atoms with van der Waals surface area (Å²) in [5, 5.41) is 7.03. The highest BCUT2D eigenvalue weighted by Crippen LogP contribution is 2.20. The molecule has 0 bridgehead atoms. The summed E-state index contributed by atoms with van der Waals surface area (Å²) < 4.78 is 1.99. The van der Waals surface area contributed by atoms with Crippen LogP contribution in [0.5, 0.6) is 0 Å². The first kappa shape index (κ1) is 16.1. The van der Waals surface area contributed by atoms with Crippen LogP contribution >= 0.6 is 11.3 Å². The molecule has 0 aliphatic carbocycles. The van der Waals surface area contributed by atoms with Crippen molar-refractivity contribution in [2.45, 2.75) is 38.8 Å². The zero-order valence-corrected chi connectivity index (χ0v) is 14.5. The van der Waals surface area contributed by atoms with Gasteiger partial charge in [0.05, 0.1) is 19.3 Å². The van der Waals surface area contributed by atoms with Crippen LogP contribution in [0.3, 0.4) is 0 Å². The number of hydrogen-bond donors (Lipinski definition) is 0. The number of likely N-dealkylation sites (tertiary alicyclic amines) is 1. The van der Waals surface area contributed by atoms with Gasteiger partial charge in [0.25, 0.3) is 0 Å². The molecule has 7 heteroatoms. The van der Waals surface area contributed by atoms with Crippen LogP contribution < -0.4 is 4.90 Å². The molecule has 23 heavy (non-hydrogen) atoms. The van der Waals surface area contributed by atoms with Crippen LogP contribution in [0.1, 0.15) is 24.8 Å². The molecular formula is C16H23N5OS. The number of piperidine rings is 1. The van der Waals surface area contributed by atoms with Crippen LogP contribution in [0.2, 0.25) is 0 Å². The van der Waals surface area contributed by atoms with E-state index in [1.807, 2.05) is 16.3 Å². The summed E-state index contributed by atoms with van der Waals surface area (Å²) in [6, 6.07) is 0.372. The van der Waals surface area contributed by atoms with Crippen LogP contribution in [0.25, 0.3) is 0 Å². The molecular weight excluding hydrogens is 310 g/mol. The summed E-state index contributed by atoms with van der Waals surface area (Å²) in [6.45, 7) is 4.32. The number of rotatable bonds is 5. The molecule has 0 saturated carbocycles. The van der Waals surface area contributed by atoms with E-state index < -0.39 is 0 Å². The molecule has 0 spiro atoms. The highest BCUT2D eigenvalue weighted by atomic mass is 32.1. The van der Waals surface area contributed by atoms with Gasteiger partial charge in [-0.15, -0.1) is 11.3 Å². The van der Waals surface area contributed by atoms with Gasteiger partial charge in [-0.25, -0.2) is 4.98 Å². The van der Waals surface area contributed by atoms with Gasteiger partial charge < -0.3 is 0 Å². The zero-order chi connectivity index (χ0) is 16.2. The van der Waals surface area contributed by atoms with Crippen molar-refractivity contribution in [3.63, 3.8) is 0 Å². The van der Waals surface area contributed by atoms with Gasteiger partial charge in [-0.2, -0.15) is 5.10 Å². The number of amides is 1. The zero-order valence-electron chi connectivity index (χ0n) is 13.7. The first-order valence-electron chi connectivity index (χ1n) is 8.02. The molecule has 1 aliphatic heterocycles. The van der Waals surface area contributed by atoms with Gasteiger partial charge in [0.15, 0.2) is 5.13 Å². The van der Waals surface area contributed by atoms with Crippen molar-refractivity contribution in [3.8, 4) is 0 Å². The highest BCUT2D eigenvalue weighted by molar-refractivity contribution is 7.13. The molecule has 2 aromatic heterocycles. The summed E-state index contributed by atoms with van der Waals surface area (Å²) in [4.78, 5) is 20.7. The Kier molecular flexibility index (Phi) is 5.07. The lowest BCUT2D eigenvalue weighted by Crippen LogP contribution is -2.47. The Hall–Kier alpha value is -1.73. The maximum Gasteiger partial charge on any atom is 0.242 e. The van der Waals surface area contributed by atoms with Gasteiger partial charge >= 0.3 is 0 Å². The molecule has 0 radical (unpaired) electrons. The molecule has 124 valence electrons. The van der Waals surface area contributed by atoms with Crippen molar-refractivity contribution < 1.29 is 4.79 Å². The fourth-order valence-corrected chi connectivity index (χ4v) is 3.65. The lowest BCUT2D eigenvalue weighted by Gasteiger charge is -2.35. The third kappa shape index (κ3) is 3.97. The van der Waals surface area contributed by atoms with Crippen molar-refractivity contribution in [2.75, 3.05) is 25.0 Å². The van der Waals surface area contributed by atoms with Crippen molar-refractivity contribution >= 4 is 22.4 Å². The number of aryl methyl sites for hydroxylation is 1. The smallest absolute Gasteiger partial charge is 0.242 e. The SMILES string of the molecule is Cc1cnn(C[C@H]2CCCCN2CC(=O)N(C)c2nccs2)c1. The first-order chi connectivity index (χ1) is 11.1. The first-order valence-corrected chi connectivity index (χ1v) is 8.90. The minimum absolute atomic E-state index is 0.100. The largest absolute Gasteiger partial charge is 0.290 e. The molecule has 1 amide bonds. The lowest BCUT2D eigenvalue weighted by atomic mass is 10.0. The van der Waals surface area contributed by atoms with Crippen molar-refractivity contribution in [1.82, 2.24) is 19.7 Å². The van der Waals surface area contributed by atoms with Crippen LogP contribution in [-0.4, -0.2) is 51.8 Å². The molecule has 1 fully saturated rings. The van der Waals surface area contributed by atoms with Crippen molar-refractivity contribution in [1.29, 1.82) is 0 Å². The Balaban J connectivity index is 1.63. The van der Waals surface area contributed by atoms with E-state index in [0.29, 0.717) is 12.6 Å². The molecule has 0 N–H and O–H groups in total. The summed E-state index contributed by atoms with van der Waals surface area (Å²) in [6.07, 6.45) is 9.17. The summed E-state index contributed by atoms with van der Waals surface area (Å²) in [5.74, 6) is 0.100. The second-order valence-corrected chi connectivity index (χ2v) is 7.00. The molecule has 6 nitrogen and oxygen atoms in total. The molecule has 3 heterocycles. The Morgan fingerprint density at radius 2 is 2.35 bits per heavy atom. The number of aromatic nitrogens is 3. The van der Waals surface area contributed by atoms with Gasteiger partial charge in [-0.05, 0) is 31.9 Å². The normalized spacial score (nSPS) is 19.0. The van der Waals surface area contributed by atoms with Crippen LogP contribution in [0.15, 0.2) is 24.0 Å². The molecule has 0 aromatic carbocycles. The topological polar surface area (TPSA) is 54.3 Å². The number of nitrogens with zero attached hydrogens (tertiary/aromatic N) is 5. The summed E-state index contributed by atoms with van der Waals surface area (Å²) in [7, 11) is 1.80. The maximum atomic E-state index is 12.5. The molecule has 3 rings (SSSR count). The molecule has 1 aliphatic rings.